The van der Waals surface area contributed by atoms with Gasteiger partial charge in [-0.1, -0.05) is 24.6 Å². The van der Waals surface area contributed by atoms with E-state index < -0.39 is 29.3 Å². The van der Waals surface area contributed by atoms with E-state index in [9.17, 15) is 13.6 Å². The van der Waals surface area contributed by atoms with Gasteiger partial charge in [0.25, 0.3) is 5.91 Å². The smallest absolute Gasteiger partial charge is 0.265 e. The summed E-state index contributed by atoms with van der Waals surface area (Å²) in [5, 5.41) is 2.76. The van der Waals surface area contributed by atoms with Crippen LogP contribution in [0.2, 0.25) is 5.02 Å². The van der Waals surface area contributed by atoms with Crippen LogP contribution >= 0.6 is 11.6 Å². The first kappa shape index (κ1) is 16.2. The third-order valence-electron chi connectivity index (χ3n) is 2.97. The molecule has 0 radical (unpaired) electrons. The van der Waals surface area contributed by atoms with Crippen molar-refractivity contribution < 1.29 is 18.3 Å². The molecule has 0 saturated heterocycles. The number of anilines is 1. The van der Waals surface area contributed by atoms with Gasteiger partial charge >= 0.3 is 0 Å². The first-order chi connectivity index (χ1) is 10.5. The molecule has 0 fully saturated rings. The molecule has 0 aliphatic rings. The molecule has 1 amide bonds. The Morgan fingerprint density at radius 2 is 1.77 bits per heavy atom. The van der Waals surface area contributed by atoms with Gasteiger partial charge in [0, 0.05) is 5.02 Å². The summed E-state index contributed by atoms with van der Waals surface area (Å²) in [7, 11) is 0. The Morgan fingerprint density at radius 1 is 1.18 bits per heavy atom. The molecular formula is C16H14ClF2NO2. The van der Waals surface area contributed by atoms with Crippen molar-refractivity contribution >= 4 is 23.2 Å². The molecule has 1 atom stereocenters. The van der Waals surface area contributed by atoms with Gasteiger partial charge in [-0.15, -0.1) is 0 Å². The van der Waals surface area contributed by atoms with E-state index in [2.05, 4.69) is 5.32 Å². The average molecular weight is 326 g/mol. The van der Waals surface area contributed by atoms with E-state index in [0.29, 0.717) is 17.2 Å². The summed E-state index contributed by atoms with van der Waals surface area (Å²) >= 11 is 5.77. The molecular weight excluding hydrogens is 312 g/mol. The van der Waals surface area contributed by atoms with Crippen LogP contribution < -0.4 is 10.1 Å². The first-order valence-corrected chi connectivity index (χ1v) is 7.06. The molecule has 116 valence electrons. The third-order valence-corrected chi connectivity index (χ3v) is 3.22. The molecule has 6 heteroatoms. The minimum absolute atomic E-state index is 0.338. The molecule has 0 aromatic heterocycles. The fraction of sp³-hybridized carbons (Fsp3) is 0.188. The van der Waals surface area contributed by atoms with E-state index in [1.165, 1.54) is 6.07 Å². The molecule has 0 bridgehead atoms. The second-order valence-electron chi connectivity index (χ2n) is 4.55. The number of carbonyl (C=O) groups excluding carboxylic acids is 1. The fourth-order valence-electron chi connectivity index (χ4n) is 1.82. The zero-order valence-electron chi connectivity index (χ0n) is 11.8. The highest BCUT2D eigenvalue weighted by Gasteiger charge is 2.21. The molecule has 22 heavy (non-hydrogen) atoms. The number of hydrogen-bond acceptors (Lipinski definition) is 2. The molecule has 0 aliphatic carbocycles. The van der Waals surface area contributed by atoms with Crippen molar-refractivity contribution in [3.8, 4) is 5.75 Å². The van der Waals surface area contributed by atoms with E-state index in [4.69, 9.17) is 16.3 Å². The second kappa shape index (κ2) is 7.22. The third kappa shape index (κ3) is 3.95. The Morgan fingerprint density at radius 3 is 2.32 bits per heavy atom. The lowest BCUT2D eigenvalue weighted by atomic mass is 10.2. The Bertz CT molecular complexity index is 641. The summed E-state index contributed by atoms with van der Waals surface area (Å²) in [5.41, 5.74) is -0.481. The Labute approximate surface area is 131 Å². The Kier molecular flexibility index (Phi) is 5.33. The van der Waals surface area contributed by atoms with Crippen molar-refractivity contribution in [2.24, 2.45) is 0 Å². The predicted molar refractivity (Wildman–Crippen MR) is 81.1 cm³/mol. The molecule has 2 aromatic rings. The number of hydrogen-bond donors (Lipinski definition) is 1. The summed E-state index contributed by atoms with van der Waals surface area (Å²) in [6.45, 7) is 1.73. The maximum Gasteiger partial charge on any atom is 0.265 e. The monoisotopic (exact) mass is 325 g/mol. The van der Waals surface area contributed by atoms with E-state index in [0.717, 1.165) is 12.1 Å². The number of para-hydroxylation sites is 1. The maximum absolute atomic E-state index is 13.5. The van der Waals surface area contributed by atoms with Crippen molar-refractivity contribution in [2.45, 2.75) is 19.4 Å². The summed E-state index contributed by atoms with van der Waals surface area (Å²) in [5.74, 6) is -1.86. The fourth-order valence-corrected chi connectivity index (χ4v) is 1.95. The van der Waals surface area contributed by atoms with Crippen molar-refractivity contribution in [2.75, 3.05) is 5.32 Å². The molecule has 1 N–H and O–H groups in total. The average Bonchev–Trinajstić information content (AvgIpc) is 2.50. The van der Waals surface area contributed by atoms with Gasteiger partial charge in [0.05, 0.1) is 0 Å². The number of halogens is 3. The molecule has 0 spiro atoms. The van der Waals surface area contributed by atoms with Crippen LogP contribution in [0.3, 0.4) is 0 Å². The van der Waals surface area contributed by atoms with Crippen molar-refractivity contribution in [3.05, 3.63) is 59.1 Å². The quantitative estimate of drug-likeness (QED) is 0.884. The van der Waals surface area contributed by atoms with Gasteiger partial charge in [-0.3, -0.25) is 4.79 Å². The van der Waals surface area contributed by atoms with Crippen LogP contribution in [0.1, 0.15) is 13.3 Å². The summed E-state index contributed by atoms with van der Waals surface area (Å²) in [4.78, 5) is 12.1. The molecule has 0 unspecified atom stereocenters. The number of carbonyl (C=O) groups is 1. The highest BCUT2D eigenvalue weighted by Crippen LogP contribution is 2.21. The van der Waals surface area contributed by atoms with E-state index in [1.54, 1.807) is 31.2 Å². The number of ether oxygens (including phenoxy) is 1. The molecule has 0 heterocycles. The molecule has 3 nitrogen and oxygen atoms in total. The van der Waals surface area contributed by atoms with Gasteiger partial charge in [0.2, 0.25) is 0 Å². The standard InChI is InChI=1S/C16H14ClF2NO2/c1-2-14(22-11-8-6-10(17)7-9-11)16(21)20-15-12(18)4-3-5-13(15)19/h3-9,14H,2H2,1H3,(H,20,21)/t14-/m1/s1. The van der Waals surface area contributed by atoms with Gasteiger partial charge in [0.1, 0.15) is 23.1 Å². The minimum atomic E-state index is -0.875. The van der Waals surface area contributed by atoms with Crippen molar-refractivity contribution in [1.29, 1.82) is 0 Å². The van der Waals surface area contributed by atoms with Crippen LogP contribution in [0.25, 0.3) is 0 Å². The van der Waals surface area contributed by atoms with E-state index in [-0.39, 0.29) is 0 Å². The molecule has 0 saturated carbocycles. The number of rotatable bonds is 5. The SMILES string of the molecule is CC[C@@H](Oc1ccc(Cl)cc1)C(=O)Nc1c(F)cccc1F. The van der Waals surface area contributed by atoms with E-state index in [1.807, 2.05) is 0 Å². The predicted octanol–water partition coefficient (Wildman–Crippen LogP) is 4.41. The van der Waals surface area contributed by atoms with Crippen LogP contribution in [0.5, 0.6) is 5.75 Å². The Balaban J connectivity index is 2.10. The number of benzene rings is 2. The van der Waals surface area contributed by atoms with Crippen LogP contribution in [-0.2, 0) is 4.79 Å². The van der Waals surface area contributed by atoms with Gasteiger partial charge in [-0.25, -0.2) is 8.78 Å². The zero-order chi connectivity index (χ0) is 16.1. The topological polar surface area (TPSA) is 38.3 Å². The normalized spacial score (nSPS) is 11.8. The second-order valence-corrected chi connectivity index (χ2v) is 4.99. The van der Waals surface area contributed by atoms with Crippen LogP contribution in [0, 0.1) is 11.6 Å². The van der Waals surface area contributed by atoms with Crippen LogP contribution in [0.4, 0.5) is 14.5 Å². The number of amides is 1. The molecule has 2 aromatic carbocycles. The minimum Gasteiger partial charge on any atom is -0.481 e. The lowest BCUT2D eigenvalue weighted by Gasteiger charge is -2.17. The van der Waals surface area contributed by atoms with Gasteiger partial charge in [0.15, 0.2) is 6.10 Å². The van der Waals surface area contributed by atoms with Gasteiger partial charge < -0.3 is 10.1 Å². The highest BCUT2D eigenvalue weighted by atomic mass is 35.5. The zero-order valence-corrected chi connectivity index (χ0v) is 12.5. The maximum atomic E-state index is 13.5. The van der Waals surface area contributed by atoms with Crippen molar-refractivity contribution in [1.82, 2.24) is 0 Å². The largest absolute Gasteiger partial charge is 0.481 e. The first-order valence-electron chi connectivity index (χ1n) is 6.68. The van der Waals surface area contributed by atoms with Crippen molar-refractivity contribution in [3.63, 3.8) is 0 Å². The van der Waals surface area contributed by atoms with E-state index >= 15 is 0 Å². The summed E-state index contributed by atoms with van der Waals surface area (Å²) < 4.78 is 32.6. The molecule has 0 aliphatic heterocycles. The summed E-state index contributed by atoms with van der Waals surface area (Å²) in [6.07, 6.45) is -0.537. The van der Waals surface area contributed by atoms with Gasteiger partial charge in [-0.05, 0) is 42.8 Å². The Hall–Kier alpha value is -2.14. The molecule has 2 rings (SSSR count). The van der Waals surface area contributed by atoms with Crippen LogP contribution in [-0.4, -0.2) is 12.0 Å². The lowest BCUT2D eigenvalue weighted by Crippen LogP contribution is -2.33. The lowest BCUT2D eigenvalue weighted by molar-refractivity contribution is -0.122. The number of nitrogens with one attached hydrogen (secondary N) is 1. The van der Waals surface area contributed by atoms with Gasteiger partial charge in [-0.2, -0.15) is 0 Å². The summed E-state index contributed by atoms with van der Waals surface area (Å²) in [6, 6.07) is 9.83. The highest BCUT2D eigenvalue weighted by molar-refractivity contribution is 6.30. The van der Waals surface area contributed by atoms with Crippen LogP contribution in [0.15, 0.2) is 42.5 Å².